The summed E-state index contributed by atoms with van der Waals surface area (Å²) in [7, 11) is 0. The first-order valence-corrected chi connectivity index (χ1v) is 5.01. The molecule has 2 fully saturated rings. The Bertz CT molecular complexity index is 192. The fraction of sp³-hybridized carbons (Fsp3) is 0.900. The number of hydrogen-bond donors (Lipinski definition) is 1. The molecule has 2 rings (SSSR count). The molecule has 2 heteroatoms. The van der Waals surface area contributed by atoms with E-state index in [4.69, 9.17) is 0 Å². The summed E-state index contributed by atoms with van der Waals surface area (Å²) in [6, 6.07) is 0. The highest BCUT2D eigenvalue weighted by Gasteiger charge is 2.39. The molecule has 1 aliphatic heterocycles. The zero-order chi connectivity index (χ0) is 8.60. The molecule has 0 aromatic heterocycles. The third kappa shape index (κ3) is 1.35. The summed E-state index contributed by atoms with van der Waals surface area (Å²) in [5.74, 6) is 1.14. The maximum Gasteiger partial charge on any atom is 0.220 e. The van der Waals surface area contributed by atoms with Crippen molar-refractivity contribution in [3.63, 3.8) is 0 Å². The number of carbonyl (C=O) groups excluding carboxylic acids is 1. The maximum atomic E-state index is 11.1. The Morgan fingerprint density at radius 2 is 2.00 bits per heavy atom. The Morgan fingerprint density at radius 1 is 1.33 bits per heavy atom. The van der Waals surface area contributed by atoms with E-state index in [1.54, 1.807) is 0 Å². The summed E-state index contributed by atoms with van der Waals surface area (Å²) in [4.78, 5) is 11.1. The molecule has 2 nitrogen and oxygen atoms in total. The van der Waals surface area contributed by atoms with Crippen LogP contribution in [0.4, 0.5) is 0 Å². The van der Waals surface area contributed by atoms with E-state index < -0.39 is 0 Å². The van der Waals surface area contributed by atoms with E-state index in [9.17, 15) is 4.79 Å². The van der Waals surface area contributed by atoms with Crippen LogP contribution in [0.5, 0.6) is 0 Å². The maximum absolute atomic E-state index is 11.1. The summed E-state index contributed by atoms with van der Waals surface area (Å²) in [5.41, 5.74) is 0.226. The van der Waals surface area contributed by atoms with Crippen LogP contribution in [0.1, 0.15) is 45.4 Å². The lowest BCUT2D eigenvalue weighted by Crippen LogP contribution is -2.44. The Balaban J connectivity index is 1.99. The van der Waals surface area contributed by atoms with Gasteiger partial charge in [-0.15, -0.1) is 0 Å². The van der Waals surface area contributed by atoms with Gasteiger partial charge in [0.15, 0.2) is 0 Å². The van der Waals surface area contributed by atoms with Crippen molar-refractivity contribution < 1.29 is 4.79 Å². The minimum Gasteiger partial charge on any atom is -0.351 e. The van der Waals surface area contributed by atoms with Crippen LogP contribution in [0.2, 0.25) is 0 Å². The van der Waals surface area contributed by atoms with Crippen LogP contribution in [0.3, 0.4) is 0 Å². The van der Waals surface area contributed by atoms with Crippen LogP contribution in [-0.4, -0.2) is 11.4 Å². The van der Waals surface area contributed by atoms with Crippen LogP contribution in [0.25, 0.3) is 0 Å². The Labute approximate surface area is 73.7 Å². The van der Waals surface area contributed by atoms with E-state index in [-0.39, 0.29) is 11.4 Å². The van der Waals surface area contributed by atoms with Gasteiger partial charge < -0.3 is 5.32 Å². The molecule has 0 unspecified atom stereocenters. The van der Waals surface area contributed by atoms with E-state index in [1.807, 2.05) is 0 Å². The molecule has 1 aliphatic carbocycles. The van der Waals surface area contributed by atoms with Crippen molar-refractivity contribution in [1.29, 1.82) is 0 Å². The molecule has 1 N–H and O–H groups in total. The Morgan fingerprint density at radius 3 is 2.50 bits per heavy atom. The molecule has 0 radical (unpaired) electrons. The fourth-order valence-corrected chi connectivity index (χ4v) is 2.46. The van der Waals surface area contributed by atoms with Crippen LogP contribution in [0, 0.1) is 5.92 Å². The van der Waals surface area contributed by atoms with Gasteiger partial charge >= 0.3 is 0 Å². The van der Waals surface area contributed by atoms with Gasteiger partial charge in [0, 0.05) is 12.0 Å². The number of nitrogens with one attached hydrogen (secondary N) is 1. The van der Waals surface area contributed by atoms with Crippen molar-refractivity contribution >= 4 is 5.91 Å². The van der Waals surface area contributed by atoms with Gasteiger partial charge in [-0.3, -0.25) is 4.79 Å². The van der Waals surface area contributed by atoms with Gasteiger partial charge in [-0.05, 0) is 38.0 Å². The number of hydrogen-bond acceptors (Lipinski definition) is 1. The first-order valence-electron chi connectivity index (χ1n) is 5.01. The molecule has 1 saturated heterocycles. The van der Waals surface area contributed by atoms with Gasteiger partial charge in [-0.25, -0.2) is 0 Å². The van der Waals surface area contributed by atoms with E-state index in [0.29, 0.717) is 0 Å². The number of amides is 1. The predicted molar refractivity (Wildman–Crippen MR) is 47.7 cm³/mol. The fourth-order valence-electron chi connectivity index (χ4n) is 2.46. The first-order chi connectivity index (χ1) is 5.70. The lowest BCUT2D eigenvalue weighted by molar-refractivity contribution is -0.120. The van der Waals surface area contributed by atoms with Crippen molar-refractivity contribution in [1.82, 2.24) is 5.32 Å². The average Bonchev–Trinajstić information content (AvgIpc) is 2.40. The normalized spacial score (nSPS) is 41.8. The minimum atomic E-state index is 0.226. The monoisotopic (exact) mass is 167 g/mol. The molecule has 0 bridgehead atoms. The number of rotatable bonds is 0. The highest BCUT2D eigenvalue weighted by Crippen LogP contribution is 2.37. The van der Waals surface area contributed by atoms with Gasteiger partial charge in [0.1, 0.15) is 0 Å². The van der Waals surface area contributed by atoms with Gasteiger partial charge in [0.2, 0.25) is 5.91 Å². The lowest BCUT2D eigenvalue weighted by atomic mass is 9.76. The highest BCUT2D eigenvalue weighted by molar-refractivity contribution is 5.79. The molecule has 1 saturated carbocycles. The zero-order valence-corrected chi connectivity index (χ0v) is 7.73. The summed E-state index contributed by atoms with van der Waals surface area (Å²) >= 11 is 0. The molecule has 1 amide bonds. The largest absolute Gasteiger partial charge is 0.351 e. The van der Waals surface area contributed by atoms with Crippen molar-refractivity contribution in [2.24, 2.45) is 5.92 Å². The van der Waals surface area contributed by atoms with Crippen LogP contribution < -0.4 is 5.32 Å². The van der Waals surface area contributed by atoms with Gasteiger partial charge in [-0.2, -0.15) is 0 Å². The van der Waals surface area contributed by atoms with E-state index in [1.165, 1.54) is 25.7 Å². The van der Waals surface area contributed by atoms with Crippen molar-refractivity contribution in [2.75, 3.05) is 0 Å². The standard InChI is InChI=1S/C10H17NO/c1-8-2-5-10(6-3-8)7-4-9(12)11-10/h8H,2-7H2,1H3,(H,11,12). The quantitative estimate of drug-likeness (QED) is 0.586. The highest BCUT2D eigenvalue weighted by atomic mass is 16.2. The second-order valence-electron chi connectivity index (χ2n) is 4.51. The lowest BCUT2D eigenvalue weighted by Gasteiger charge is -2.35. The minimum absolute atomic E-state index is 0.226. The van der Waals surface area contributed by atoms with E-state index >= 15 is 0 Å². The number of carbonyl (C=O) groups is 1. The molecule has 1 spiro atoms. The van der Waals surface area contributed by atoms with Gasteiger partial charge in [0.25, 0.3) is 0 Å². The smallest absolute Gasteiger partial charge is 0.220 e. The summed E-state index contributed by atoms with van der Waals surface area (Å²) in [6.45, 7) is 2.31. The van der Waals surface area contributed by atoms with Crippen LogP contribution in [-0.2, 0) is 4.79 Å². The summed E-state index contributed by atoms with van der Waals surface area (Å²) in [6.07, 6.45) is 6.84. The Kier molecular flexibility index (Phi) is 1.85. The van der Waals surface area contributed by atoms with Crippen molar-refractivity contribution in [2.45, 2.75) is 51.0 Å². The topological polar surface area (TPSA) is 29.1 Å². The first kappa shape index (κ1) is 8.09. The second-order valence-corrected chi connectivity index (χ2v) is 4.51. The third-order valence-corrected chi connectivity index (χ3v) is 3.47. The van der Waals surface area contributed by atoms with E-state index in [2.05, 4.69) is 12.2 Å². The van der Waals surface area contributed by atoms with Crippen molar-refractivity contribution in [3.05, 3.63) is 0 Å². The summed E-state index contributed by atoms with van der Waals surface area (Å²) < 4.78 is 0. The molecule has 0 aromatic rings. The molecule has 2 aliphatic rings. The van der Waals surface area contributed by atoms with Gasteiger partial charge in [-0.1, -0.05) is 6.92 Å². The molecular weight excluding hydrogens is 150 g/mol. The molecule has 12 heavy (non-hydrogen) atoms. The molecule has 0 atom stereocenters. The predicted octanol–water partition coefficient (Wildman–Crippen LogP) is 1.85. The average molecular weight is 167 g/mol. The Hall–Kier alpha value is -0.530. The van der Waals surface area contributed by atoms with Gasteiger partial charge in [0.05, 0.1) is 0 Å². The van der Waals surface area contributed by atoms with Crippen LogP contribution in [0.15, 0.2) is 0 Å². The molecular formula is C10H17NO. The van der Waals surface area contributed by atoms with E-state index in [0.717, 1.165) is 18.8 Å². The zero-order valence-electron chi connectivity index (χ0n) is 7.73. The third-order valence-electron chi connectivity index (χ3n) is 3.47. The van der Waals surface area contributed by atoms with Crippen LogP contribution >= 0.6 is 0 Å². The molecule has 1 heterocycles. The summed E-state index contributed by atoms with van der Waals surface area (Å²) in [5, 5.41) is 3.15. The second kappa shape index (κ2) is 2.75. The van der Waals surface area contributed by atoms with Crippen molar-refractivity contribution in [3.8, 4) is 0 Å². The molecule has 68 valence electrons. The molecule has 0 aromatic carbocycles. The SMILES string of the molecule is CC1CCC2(CCC(=O)N2)CC1.